The molecule has 0 bridgehead atoms. The fourth-order valence-corrected chi connectivity index (χ4v) is 1.59. The lowest BCUT2D eigenvalue weighted by molar-refractivity contribution is 0.189. The molecule has 0 unspecified atom stereocenters. The highest BCUT2D eigenvalue weighted by Gasteiger charge is 2.09. The van der Waals surface area contributed by atoms with E-state index in [1.807, 2.05) is 37.3 Å². The Hall–Kier alpha value is -1.81. The highest BCUT2D eigenvalue weighted by molar-refractivity contribution is 5.34. The van der Waals surface area contributed by atoms with Gasteiger partial charge in [0.1, 0.15) is 23.8 Å². The van der Waals surface area contributed by atoms with Gasteiger partial charge in [-0.05, 0) is 19.9 Å². The fourth-order valence-electron chi connectivity index (χ4n) is 1.59. The Balaban J connectivity index is 2.08. The lowest BCUT2D eigenvalue weighted by Gasteiger charge is -2.11. The van der Waals surface area contributed by atoms with E-state index in [0.717, 1.165) is 17.0 Å². The third kappa shape index (κ3) is 2.85. The summed E-state index contributed by atoms with van der Waals surface area (Å²) >= 11 is 0. The number of benzene rings is 1. The van der Waals surface area contributed by atoms with Gasteiger partial charge in [-0.15, -0.1) is 0 Å². The lowest BCUT2D eigenvalue weighted by Crippen LogP contribution is -2.00. The summed E-state index contributed by atoms with van der Waals surface area (Å²) in [5.74, 6) is 1.43. The van der Waals surface area contributed by atoms with Gasteiger partial charge in [0.2, 0.25) is 0 Å². The zero-order chi connectivity index (χ0) is 12.3. The van der Waals surface area contributed by atoms with Crippen molar-refractivity contribution >= 4 is 0 Å². The Morgan fingerprint density at radius 3 is 2.82 bits per heavy atom. The predicted octanol–water partition coefficient (Wildman–Crippen LogP) is 2.62. The summed E-state index contributed by atoms with van der Waals surface area (Å²) in [7, 11) is 0. The Morgan fingerprint density at radius 2 is 2.18 bits per heavy atom. The molecule has 0 amide bonds. The van der Waals surface area contributed by atoms with Crippen molar-refractivity contribution in [2.75, 3.05) is 0 Å². The van der Waals surface area contributed by atoms with Crippen LogP contribution in [-0.4, -0.2) is 10.3 Å². The first-order valence-corrected chi connectivity index (χ1v) is 5.49. The van der Waals surface area contributed by atoms with Gasteiger partial charge < -0.3 is 14.4 Å². The molecule has 0 saturated carbocycles. The Bertz CT molecular complexity index is 491. The molecule has 0 aliphatic rings. The minimum atomic E-state index is -0.551. The third-order valence-electron chi connectivity index (χ3n) is 2.42. The second-order valence-corrected chi connectivity index (χ2v) is 3.93. The molecule has 2 rings (SSSR count). The van der Waals surface area contributed by atoms with Gasteiger partial charge in [-0.2, -0.15) is 0 Å². The number of aliphatic hydroxyl groups excluding tert-OH is 1. The van der Waals surface area contributed by atoms with E-state index in [1.54, 1.807) is 6.92 Å². The summed E-state index contributed by atoms with van der Waals surface area (Å²) in [5.41, 5.74) is 1.51. The number of aryl methyl sites for hydroxylation is 1. The summed E-state index contributed by atoms with van der Waals surface area (Å²) < 4.78 is 10.6. The van der Waals surface area contributed by atoms with Crippen LogP contribution >= 0.6 is 0 Å². The molecule has 0 saturated heterocycles. The maximum absolute atomic E-state index is 9.59. The number of ether oxygens (including phenoxy) is 1. The monoisotopic (exact) mass is 233 g/mol. The molecule has 4 nitrogen and oxygen atoms in total. The molecule has 0 radical (unpaired) electrons. The minimum Gasteiger partial charge on any atom is -0.487 e. The van der Waals surface area contributed by atoms with Gasteiger partial charge in [0.25, 0.3) is 0 Å². The van der Waals surface area contributed by atoms with E-state index >= 15 is 0 Å². The molecular weight excluding hydrogens is 218 g/mol. The number of rotatable bonds is 4. The van der Waals surface area contributed by atoms with Gasteiger partial charge >= 0.3 is 0 Å². The number of hydrogen-bond donors (Lipinski definition) is 1. The largest absolute Gasteiger partial charge is 0.487 e. The maximum Gasteiger partial charge on any atom is 0.134 e. The minimum absolute atomic E-state index is 0.334. The Labute approximate surface area is 99.8 Å². The van der Waals surface area contributed by atoms with E-state index in [0.29, 0.717) is 12.4 Å². The molecule has 0 aliphatic heterocycles. The van der Waals surface area contributed by atoms with Crippen LogP contribution in [0.5, 0.6) is 5.75 Å². The average molecular weight is 233 g/mol. The summed E-state index contributed by atoms with van der Waals surface area (Å²) in [6, 6.07) is 9.23. The van der Waals surface area contributed by atoms with Gasteiger partial charge in [0.15, 0.2) is 0 Å². The molecule has 90 valence electrons. The number of aromatic nitrogens is 1. The average Bonchev–Trinajstić information content (AvgIpc) is 2.73. The molecule has 0 spiro atoms. The first-order chi connectivity index (χ1) is 8.16. The molecule has 4 heteroatoms. The first kappa shape index (κ1) is 11.7. The molecule has 1 heterocycles. The summed E-state index contributed by atoms with van der Waals surface area (Å²) in [5, 5.41) is 13.4. The van der Waals surface area contributed by atoms with Crippen LogP contribution in [-0.2, 0) is 6.61 Å². The molecule has 1 aromatic heterocycles. The molecule has 1 N–H and O–H groups in total. The SMILES string of the molecule is Cc1cc(COc2ccccc2[C@@H](C)O)no1. The van der Waals surface area contributed by atoms with E-state index in [9.17, 15) is 5.11 Å². The summed E-state index contributed by atoms with van der Waals surface area (Å²) in [4.78, 5) is 0. The molecule has 0 fully saturated rings. The van der Waals surface area contributed by atoms with Gasteiger partial charge in [-0.1, -0.05) is 23.4 Å². The second-order valence-electron chi connectivity index (χ2n) is 3.93. The van der Waals surface area contributed by atoms with E-state index in [2.05, 4.69) is 5.16 Å². The van der Waals surface area contributed by atoms with Crippen LogP contribution in [0.1, 0.15) is 30.0 Å². The molecule has 0 aliphatic carbocycles. The first-order valence-electron chi connectivity index (χ1n) is 5.49. The number of nitrogens with zero attached hydrogens (tertiary/aromatic N) is 1. The normalized spacial score (nSPS) is 12.4. The highest BCUT2D eigenvalue weighted by Crippen LogP contribution is 2.25. The van der Waals surface area contributed by atoms with Crippen molar-refractivity contribution in [2.45, 2.75) is 26.6 Å². The number of para-hydroxylation sites is 1. The van der Waals surface area contributed by atoms with Gasteiger partial charge in [-0.3, -0.25) is 0 Å². The van der Waals surface area contributed by atoms with Crippen molar-refractivity contribution in [3.8, 4) is 5.75 Å². The van der Waals surface area contributed by atoms with Crippen LogP contribution in [0.25, 0.3) is 0 Å². The zero-order valence-electron chi connectivity index (χ0n) is 9.88. The third-order valence-corrected chi connectivity index (χ3v) is 2.42. The smallest absolute Gasteiger partial charge is 0.134 e. The highest BCUT2D eigenvalue weighted by atomic mass is 16.5. The number of aliphatic hydroxyl groups is 1. The lowest BCUT2D eigenvalue weighted by atomic mass is 10.1. The van der Waals surface area contributed by atoms with E-state index < -0.39 is 6.10 Å². The van der Waals surface area contributed by atoms with Crippen LogP contribution in [0.4, 0.5) is 0 Å². The molecule has 1 aromatic carbocycles. The molecular formula is C13H15NO3. The Kier molecular flexibility index (Phi) is 3.44. The molecule has 2 aromatic rings. The van der Waals surface area contributed by atoms with Crippen LogP contribution in [0.3, 0.4) is 0 Å². The van der Waals surface area contributed by atoms with Crippen molar-refractivity contribution in [1.29, 1.82) is 0 Å². The van der Waals surface area contributed by atoms with Gasteiger partial charge in [0.05, 0.1) is 6.10 Å². The van der Waals surface area contributed by atoms with E-state index in [4.69, 9.17) is 9.26 Å². The Morgan fingerprint density at radius 1 is 1.41 bits per heavy atom. The van der Waals surface area contributed by atoms with Gasteiger partial charge in [-0.25, -0.2) is 0 Å². The van der Waals surface area contributed by atoms with Crippen LogP contribution in [0, 0.1) is 6.92 Å². The quantitative estimate of drug-likeness (QED) is 0.881. The van der Waals surface area contributed by atoms with Crippen molar-refractivity contribution in [1.82, 2.24) is 5.16 Å². The van der Waals surface area contributed by atoms with Gasteiger partial charge in [0, 0.05) is 11.6 Å². The van der Waals surface area contributed by atoms with Crippen molar-refractivity contribution in [3.63, 3.8) is 0 Å². The standard InChI is InChI=1S/C13H15NO3/c1-9-7-11(14-17-9)8-16-13-6-4-3-5-12(13)10(2)15/h3-7,10,15H,8H2,1-2H3/t10-/m1/s1. The number of hydrogen-bond acceptors (Lipinski definition) is 4. The summed E-state index contributed by atoms with van der Waals surface area (Å²) in [6.45, 7) is 3.88. The zero-order valence-corrected chi connectivity index (χ0v) is 9.88. The molecule has 17 heavy (non-hydrogen) atoms. The molecule has 1 atom stereocenters. The van der Waals surface area contributed by atoms with E-state index in [1.165, 1.54) is 0 Å². The maximum atomic E-state index is 9.59. The van der Waals surface area contributed by atoms with Crippen molar-refractivity contribution in [2.24, 2.45) is 0 Å². The van der Waals surface area contributed by atoms with Crippen molar-refractivity contribution in [3.05, 3.63) is 47.3 Å². The van der Waals surface area contributed by atoms with Crippen molar-refractivity contribution < 1.29 is 14.4 Å². The topological polar surface area (TPSA) is 55.5 Å². The van der Waals surface area contributed by atoms with Crippen LogP contribution in [0.15, 0.2) is 34.9 Å². The second kappa shape index (κ2) is 5.01. The fraction of sp³-hybridized carbons (Fsp3) is 0.308. The van der Waals surface area contributed by atoms with Crippen LogP contribution < -0.4 is 4.74 Å². The van der Waals surface area contributed by atoms with Crippen LogP contribution in [0.2, 0.25) is 0 Å². The predicted molar refractivity (Wildman–Crippen MR) is 62.6 cm³/mol. The summed E-state index contributed by atoms with van der Waals surface area (Å²) in [6.07, 6.45) is -0.551. The van der Waals surface area contributed by atoms with E-state index in [-0.39, 0.29) is 0 Å².